The Morgan fingerprint density at radius 2 is 0.691 bits per heavy atom. The molecule has 6 heteroatoms. The van der Waals surface area contributed by atoms with E-state index in [1.54, 1.807) is 0 Å². The van der Waals surface area contributed by atoms with Crippen LogP contribution in [0, 0.1) is 0 Å². The van der Waals surface area contributed by atoms with Crippen LogP contribution in [-0.2, 0) is 0 Å². The van der Waals surface area contributed by atoms with Crippen molar-refractivity contribution in [3.8, 4) is 90.0 Å². The molecular formula is C75H47N5O. The van der Waals surface area contributed by atoms with E-state index in [0.29, 0.717) is 17.5 Å². The number of aromatic nitrogens is 5. The molecule has 6 nitrogen and oxygen atoms in total. The van der Waals surface area contributed by atoms with Gasteiger partial charge in [-0.1, -0.05) is 224 Å². The zero-order valence-corrected chi connectivity index (χ0v) is 43.8. The lowest BCUT2D eigenvalue weighted by molar-refractivity contribution is 0.673. The highest BCUT2D eigenvalue weighted by molar-refractivity contribution is 6.30. The number of furan rings is 1. The lowest BCUT2D eigenvalue weighted by Gasteiger charge is -2.21. The highest BCUT2D eigenvalue weighted by atomic mass is 16.3. The summed E-state index contributed by atoms with van der Waals surface area (Å²) in [4.78, 5) is 15.8. The summed E-state index contributed by atoms with van der Waals surface area (Å²) in [6, 6.07) is 101. The number of nitrogens with zero attached hydrogens (tertiary/aromatic N) is 5. The second kappa shape index (κ2) is 18.9. The van der Waals surface area contributed by atoms with E-state index in [2.05, 4.69) is 258 Å². The summed E-state index contributed by atoms with van der Waals surface area (Å²) in [5.74, 6) is 1.78. The monoisotopic (exact) mass is 1030 g/mol. The summed E-state index contributed by atoms with van der Waals surface area (Å²) < 4.78 is 12.2. The van der Waals surface area contributed by atoms with Crippen molar-refractivity contribution in [2.24, 2.45) is 0 Å². The molecule has 0 fully saturated rings. The standard InChI is InChI=1S/C75H47N5O/c1-6-20-48(21-7-1)50-34-38-52(39-35-50)62-46-56(75-77-73(54-24-10-3-11-25-54)76-74(78-75)55-26-12-4-13-27-55)47-63(53-40-36-51(37-41-53)49-22-8-2-9-23-49)70(62)80-65-33-19-17-31-60(65)68-66(80)44-42-61-69-67(81-72(61)68)45-43-59-58-30-16-18-32-64(58)79(71(59)69)57-28-14-5-15-29-57/h1-47H. The van der Waals surface area contributed by atoms with E-state index < -0.39 is 0 Å². The van der Waals surface area contributed by atoms with E-state index in [1.807, 2.05) is 36.4 Å². The van der Waals surface area contributed by atoms with Gasteiger partial charge >= 0.3 is 0 Å². The summed E-state index contributed by atoms with van der Waals surface area (Å²) in [5, 5.41) is 6.68. The molecule has 0 spiro atoms. The molecule has 0 bridgehead atoms. The van der Waals surface area contributed by atoms with Crippen LogP contribution in [0.3, 0.4) is 0 Å². The third-order valence-corrected chi connectivity index (χ3v) is 16.0. The van der Waals surface area contributed by atoms with Gasteiger partial charge in [-0.3, -0.25) is 0 Å². The minimum absolute atomic E-state index is 0.573. The third-order valence-electron chi connectivity index (χ3n) is 16.0. The molecule has 16 rings (SSSR count). The molecule has 4 heterocycles. The van der Waals surface area contributed by atoms with Crippen molar-refractivity contribution in [1.29, 1.82) is 0 Å². The van der Waals surface area contributed by atoms with Crippen molar-refractivity contribution in [2.45, 2.75) is 0 Å². The van der Waals surface area contributed by atoms with Crippen LogP contribution in [0.1, 0.15) is 0 Å². The van der Waals surface area contributed by atoms with E-state index in [0.717, 1.165) is 127 Å². The van der Waals surface area contributed by atoms with Crippen LogP contribution in [0.25, 0.3) is 156 Å². The maximum atomic E-state index is 7.28. The van der Waals surface area contributed by atoms with Gasteiger partial charge in [-0.15, -0.1) is 0 Å². The summed E-state index contributed by atoms with van der Waals surface area (Å²) in [5.41, 5.74) is 19.5. The predicted octanol–water partition coefficient (Wildman–Crippen LogP) is 19.6. The zero-order chi connectivity index (χ0) is 53.4. The first-order valence-electron chi connectivity index (χ1n) is 27.4. The van der Waals surface area contributed by atoms with Crippen molar-refractivity contribution in [3.63, 3.8) is 0 Å². The minimum atomic E-state index is 0.573. The lowest BCUT2D eigenvalue weighted by atomic mass is 9.91. The number of rotatable bonds is 9. The molecule has 81 heavy (non-hydrogen) atoms. The fourth-order valence-corrected chi connectivity index (χ4v) is 12.2. The summed E-state index contributed by atoms with van der Waals surface area (Å²) in [7, 11) is 0. The zero-order valence-electron chi connectivity index (χ0n) is 43.8. The first-order valence-corrected chi connectivity index (χ1v) is 27.4. The molecule has 0 aliphatic heterocycles. The molecule has 16 aromatic rings. The molecule has 0 aliphatic rings. The molecule has 0 atom stereocenters. The molecule has 0 amide bonds. The quantitative estimate of drug-likeness (QED) is 0.145. The van der Waals surface area contributed by atoms with Crippen LogP contribution >= 0.6 is 0 Å². The lowest BCUT2D eigenvalue weighted by Crippen LogP contribution is -2.04. The van der Waals surface area contributed by atoms with Crippen LogP contribution in [0.2, 0.25) is 0 Å². The van der Waals surface area contributed by atoms with Gasteiger partial charge in [0.25, 0.3) is 0 Å². The number of hydrogen-bond acceptors (Lipinski definition) is 4. The van der Waals surface area contributed by atoms with Gasteiger partial charge in [0.2, 0.25) is 0 Å². The van der Waals surface area contributed by atoms with Gasteiger partial charge in [0.1, 0.15) is 11.2 Å². The van der Waals surface area contributed by atoms with E-state index in [-0.39, 0.29) is 0 Å². The van der Waals surface area contributed by atoms with Crippen LogP contribution in [0.5, 0.6) is 0 Å². The van der Waals surface area contributed by atoms with Gasteiger partial charge < -0.3 is 13.6 Å². The molecule has 0 saturated carbocycles. The third kappa shape index (κ3) is 7.68. The molecule has 12 aromatic carbocycles. The Morgan fingerprint density at radius 1 is 0.272 bits per heavy atom. The van der Waals surface area contributed by atoms with Gasteiger partial charge in [0.15, 0.2) is 17.5 Å². The molecule has 0 saturated heterocycles. The largest absolute Gasteiger partial charge is 0.455 e. The van der Waals surface area contributed by atoms with Gasteiger partial charge in [0.05, 0.1) is 38.5 Å². The van der Waals surface area contributed by atoms with Crippen LogP contribution < -0.4 is 0 Å². The SMILES string of the molecule is c1ccc(-c2ccc(-c3cc(-c4nc(-c5ccccc5)nc(-c5ccccc5)n4)cc(-c4ccc(-c5ccccc5)cc4)c3-n3c4ccccc4c4c5oc6ccc7c8ccccc8n(-c8ccccc8)c7c6c5ccc43)cc2)cc1. The molecule has 0 radical (unpaired) electrons. The molecule has 0 unspecified atom stereocenters. The predicted molar refractivity (Wildman–Crippen MR) is 334 cm³/mol. The average molecular weight is 1030 g/mol. The van der Waals surface area contributed by atoms with Crippen molar-refractivity contribution < 1.29 is 4.42 Å². The highest BCUT2D eigenvalue weighted by Gasteiger charge is 2.27. The van der Waals surface area contributed by atoms with Crippen molar-refractivity contribution in [1.82, 2.24) is 24.1 Å². The Morgan fingerprint density at radius 3 is 1.23 bits per heavy atom. The average Bonchev–Trinajstić information content (AvgIpc) is 4.43. The van der Waals surface area contributed by atoms with E-state index >= 15 is 0 Å². The first kappa shape index (κ1) is 46.2. The second-order valence-corrected chi connectivity index (χ2v) is 20.7. The van der Waals surface area contributed by atoms with E-state index in [1.165, 1.54) is 10.8 Å². The minimum Gasteiger partial charge on any atom is -0.455 e. The van der Waals surface area contributed by atoms with Crippen LogP contribution in [0.15, 0.2) is 290 Å². The van der Waals surface area contributed by atoms with Crippen molar-refractivity contribution in [2.75, 3.05) is 0 Å². The summed E-state index contributed by atoms with van der Waals surface area (Å²) >= 11 is 0. The number of hydrogen-bond donors (Lipinski definition) is 0. The van der Waals surface area contributed by atoms with Crippen molar-refractivity contribution in [3.05, 3.63) is 285 Å². The maximum absolute atomic E-state index is 7.28. The summed E-state index contributed by atoms with van der Waals surface area (Å²) in [6.07, 6.45) is 0. The molecule has 0 N–H and O–H groups in total. The van der Waals surface area contributed by atoms with Crippen LogP contribution in [-0.4, -0.2) is 24.1 Å². The Balaban J connectivity index is 1.01. The Labute approximate surface area is 466 Å². The molecule has 4 aromatic heterocycles. The number of para-hydroxylation sites is 3. The second-order valence-electron chi connectivity index (χ2n) is 20.7. The fraction of sp³-hybridized carbons (Fsp3) is 0. The molecular weight excluding hydrogens is 987 g/mol. The Hall–Kier alpha value is -11.0. The maximum Gasteiger partial charge on any atom is 0.164 e. The fourth-order valence-electron chi connectivity index (χ4n) is 12.2. The smallest absolute Gasteiger partial charge is 0.164 e. The Bertz CT molecular complexity index is 4890. The van der Waals surface area contributed by atoms with Gasteiger partial charge in [0, 0.05) is 55.0 Å². The summed E-state index contributed by atoms with van der Waals surface area (Å²) in [6.45, 7) is 0. The van der Waals surface area contributed by atoms with Gasteiger partial charge in [-0.25, -0.2) is 15.0 Å². The topological polar surface area (TPSA) is 61.7 Å². The normalized spacial score (nSPS) is 11.7. The number of benzene rings is 12. The first-order chi connectivity index (χ1) is 40.2. The van der Waals surface area contributed by atoms with E-state index in [9.17, 15) is 0 Å². The van der Waals surface area contributed by atoms with Crippen molar-refractivity contribution >= 4 is 65.6 Å². The Kier molecular flexibility index (Phi) is 10.8. The molecule has 0 aliphatic carbocycles. The van der Waals surface area contributed by atoms with Crippen LogP contribution in [0.4, 0.5) is 0 Å². The number of fused-ring (bicyclic) bond motifs is 11. The van der Waals surface area contributed by atoms with Gasteiger partial charge in [-0.2, -0.15) is 0 Å². The highest BCUT2D eigenvalue weighted by Crippen LogP contribution is 2.48. The van der Waals surface area contributed by atoms with Gasteiger partial charge in [-0.05, 0) is 94.0 Å². The molecule has 378 valence electrons. The van der Waals surface area contributed by atoms with E-state index in [4.69, 9.17) is 19.4 Å².